The van der Waals surface area contributed by atoms with Crippen molar-refractivity contribution in [2.45, 2.75) is 57.0 Å². The molecule has 1 heterocycles. The number of amides is 1. The fourth-order valence-electron chi connectivity index (χ4n) is 3.42. The summed E-state index contributed by atoms with van der Waals surface area (Å²) in [5.74, 6) is 0.832. The van der Waals surface area contributed by atoms with Crippen LogP contribution < -0.4 is 5.32 Å². The SMILES string of the molecule is CCCCC(CC)C(=O)NCc1nnc(SCc2ccc(F)cc2)n1-c1cc(Cl)ccc1Cl. The van der Waals surface area contributed by atoms with Crippen molar-refractivity contribution in [2.75, 3.05) is 0 Å². The van der Waals surface area contributed by atoms with Crippen molar-refractivity contribution in [3.63, 3.8) is 0 Å². The summed E-state index contributed by atoms with van der Waals surface area (Å²) in [6.07, 6.45) is 3.73. The van der Waals surface area contributed by atoms with Gasteiger partial charge in [-0.2, -0.15) is 0 Å². The average molecular weight is 509 g/mol. The molecule has 0 aliphatic heterocycles. The summed E-state index contributed by atoms with van der Waals surface area (Å²) < 4.78 is 15.0. The molecule has 1 aromatic heterocycles. The van der Waals surface area contributed by atoms with Crippen LogP contribution in [0.3, 0.4) is 0 Å². The summed E-state index contributed by atoms with van der Waals surface area (Å²) in [6.45, 7) is 4.36. The number of hydrogen-bond donors (Lipinski definition) is 1. The summed E-state index contributed by atoms with van der Waals surface area (Å²) >= 11 is 14.2. The van der Waals surface area contributed by atoms with Gasteiger partial charge >= 0.3 is 0 Å². The highest BCUT2D eigenvalue weighted by molar-refractivity contribution is 7.98. The molecule has 1 N–H and O–H groups in total. The van der Waals surface area contributed by atoms with Crippen molar-refractivity contribution in [1.29, 1.82) is 0 Å². The third-order valence-corrected chi connectivity index (χ3v) is 6.88. The van der Waals surface area contributed by atoms with Crippen LogP contribution >= 0.6 is 35.0 Å². The number of aromatic nitrogens is 3. The maximum absolute atomic E-state index is 13.2. The molecular formula is C24H27Cl2FN4OS. The van der Waals surface area contributed by atoms with E-state index in [-0.39, 0.29) is 24.2 Å². The van der Waals surface area contributed by atoms with E-state index >= 15 is 0 Å². The second-order valence-electron chi connectivity index (χ2n) is 7.71. The quantitative estimate of drug-likeness (QED) is 0.288. The van der Waals surface area contributed by atoms with E-state index in [0.29, 0.717) is 32.5 Å². The van der Waals surface area contributed by atoms with Crippen LogP contribution in [0.5, 0.6) is 0 Å². The van der Waals surface area contributed by atoms with Gasteiger partial charge in [-0.1, -0.05) is 73.8 Å². The summed E-state index contributed by atoms with van der Waals surface area (Å²) in [4.78, 5) is 12.7. The van der Waals surface area contributed by atoms with E-state index in [1.165, 1.54) is 23.9 Å². The highest BCUT2D eigenvalue weighted by atomic mass is 35.5. The molecule has 5 nitrogen and oxygen atoms in total. The number of hydrogen-bond acceptors (Lipinski definition) is 4. The van der Waals surface area contributed by atoms with Gasteiger partial charge in [-0.15, -0.1) is 10.2 Å². The smallest absolute Gasteiger partial charge is 0.223 e. The summed E-state index contributed by atoms with van der Waals surface area (Å²) in [7, 11) is 0. The Hall–Kier alpha value is -2.09. The molecule has 0 aliphatic rings. The van der Waals surface area contributed by atoms with Crippen molar-refractivity contribution < 1.29 is 9.18 Å². The van der Waals surface area contributed by atoms with E-state index in [4.69, 9.17) is 23.2 Å². The first-order valence-corrected chi connectivity index (χ1v) is 12.7. The van der Waals surface area contributed by atoms with E-state index in [1.54, 1.807) is 30.3 Å². The molecule has 176 valence electrons. The second kappa shape index (κ2) is 12.4. The lowest BCUT2D eigenvalue weighted by molar-refractivity contribution is -0.125. The lowest BCUT2D eigenvalue weighted by Gasteiger charge is -2.16. The maximum Gasteiger partial charge on any atom is 0.223 e. The van der Waals surface area contributed by atoms with Gasteiger partial charge in [-0.05, 0) is 48.7 Å². The monoisotopic (exact) mass is 508 g/mol. The topological polar surface area (TPSA) is 59.8 Å². The number of unbranched alkanes of at least 4 members (excludes halogenated alkanes) is 1. The lowest BCUT2D eigenvalue weighted by Crippen LogP contribution is -2.31. The predicted octanol–water partition coefficient (Wildman–Crippen LogP) is 6.84. The van der Waals surface area contributed by atoms with Crippen LogP contribution in [0.1, 0.15) is 50.9 Å². The Morgan fingerprint density at radius 2 is 1.91 bits per heavy atom. The van der Waals surface area contributed by atoms with E-state index in [9.17, 15) is 9.18 Å². The summed E-state index contributed by atoms with van der Waals surface area (Å²) in [5.41, 5.74) is 1.59. The molecule has 0 radical (unpaired) electrons. The zero-order valence-electron chi connectivity index (χ0n) is 18.7. The van der Waals surface area contributed by atoms with Crippen LogP contribution in [0, 0.1) is 11.7 Å². The van der Waals surface area contributed by atoms with Crippen molar-refractivity contribution in [2.24, 2.45) is 5.92 Å². The Bertz CT molecular complexity index is 1070. The van der Waals surface area contributed by atoms with Gasteiger partial charge in [0.1, 0.15) is 5.82 Å². The number of carbonyl (C=O) groups excluding carboxylic acids is 1. The van der Waals surface area contributed by atoms with E-state index in [0.717, 1.165) is 31.2 Å². The number of rotatable bonds is 11. The van der Waals surface area contributed by atoms with Crippen molar-refractivity contribution in [3.05, 3.63) is 69.7 Å². The number of nitrogens with zero attached hydrogens (tertiary/aromatic N) is 3. The number of nitrogens with one attached hydrogen (secondary N) is 1. The number of carbonyl (C=O) groups is 1. The van der Waals surface area contributed by atoms with Gasteiger partial charge in [0.25, 0.3) is 0 Å². The van der Waals surface area contributed by atoms with Crippen molar-refractivity contribution in [3.8, 4) is 5.69 Å². The standard InChI is InChI=1S/C24H27Cl2FN4OS/c1-3-5-6-17(4-2)23(32)28-14-22-29-30-24(33-15-16-7-10-19(27)11-8-16)31(22)21-13-18(25)9-12-20(21)26/h7-13,17H,3-6,14-15H2,1-2H3,(H,28,32). The predicted molar refractivity (Wildman–Crippen MR) is 132 cm³/mol. The summed E-state index contributed by atoms with van der Waals surface area (Å²) in [5, 5.41) is 13.3. The normalized spacial score (nSPS) is 12.0. The Morgan fingerprint density at radius 1 is 1.15 bits per heavy atom. The molecule has 1 amide bonds. The number of thioether (sulfide) groups is 1. The zero-order chi connectivity index (χ0) is 23.8. The second-order valence-corrected chi connectivity index (χ2v) is 9.50. The highest BCUT2D eigenvalue weighted by Gasteiger charge is 2.20. The number of benzene rings is 2. The molecule has 3 aromatic rings. The van der Waals surface area contributed by atoms with Gasteiger partial charge in [0.2, 0.25) is 5.91 Å². The molecule has 0 saturated heterocycles. The first-order chi connectivity index (χ1) is 15.9. The zero-order valence-corrected chi connectivity index (χ0v) is 21.0. The Morgan fingerprint density at radius 3 is 2.61 bits per heavy atom. The van der Waals surface area contributed by atoms with Gasteiger partial charge in [0.05, 0.1) is 17.3 Å². The van der Waals surface area contributed by atoms with Crippen LogP contribution in [0.2, 0.25) is 10.0 Å². The molecule has 3 rings (SSSR count). The third kappa shape index (κ3) is 6.95. The molecular weight excluding hydrogens is 482 g/mol. The minimum atomic E-state index is -0.278. The molecule has 2 aromatic carbocycles. The number of halogens is 3. The van der Waals surface area contributed by atoms with Gasteiger partial charge in [0, 0.05) is 16.7 Å². The van der Waals surface area contributed by atoms with Crippen LogP contribution in [0.4, 0.5) is 4.39 Å². The van der Waals surface area contributed by atoms with Crippen molar-refractivity contribution >= 4 is 40.9 Å². The van der Waals surface area contributed by atoms with Gasteiger partial charge in [0.15, 0.2) is 11.0 Å². The lowest BCUT2D eigenvalue weighted by atomic mass is 9.98. The summed E-state index contributed by atoms with van der Waals surface area (Å²) in [6, 6.07) is 11.5. The van der Waals surface area contributed by atoms with E-state index < -0.39 is 0 Å². The molecule has 0 saturated carbocycles. The highest BCUT2D eigenvalue weighted by Crippen LogP contribution is 2.31. The van der Waals surface area contributed by atoms with E-state index in [2.05, 4.69) is 22.4 Å². The van der Waals surface area contributed by atoms with Crippen LogP contribution in [-0.4, -0.2) is 20.7 Å². The minimum Gasteiger partial charge on any atom is -0.349 e. The fourth-order valence-corrected chi connectivity index (χ4v) is 4.71. The molecule has 9 heteroatoms. The van der Waals surface area contributed by atoms with Crippen LogP contribution in [0.25, 0.3) is 5.69 Å². The molecule has 0 fully saturated rings. The third-order valence-electron chi connectivity index (χ3n) is 5.32. The molecule has 0 aliphatic carbocycles. The van der Waals surface area contributed by atoms with Crippen LogP contribution in [0.15, 0.2) is 47.6 Å². The minimum absolute atomic E-state index is 0.0122. The Labute approximate surface area is 208 Å². The fraction of sp³-hybridized carbons (Fsp3) is 0.375. The maximum atomic E-state index is 13.2. The first-order valence-electron chi connectivity index (χ1n) is 11.0. The van der Waals surface area contributed by atoms with Gasteiger partial charge in [-0.25, -0.2) is 4.39 Å². The van der Waals surface area contributed by atoms with Gasteiger partial charge in [-0.3, -0.25) is 9.36 Å². The Balaban J connectivity index is 1.84. The molecule has 1 unspecified atom stereocenters. The molecule has 0 bridgehead atoms. The van der Waals surface area contributed by atoms with Gasteiger partial charge < -0.3 is 5.32 Å². The molecule has 33 heavy (non-hydrogen) atoms. The molecule has 1 atom stereocenters. The van der Waals surface area contributed by atoms with Crippen LogP contribution in [-0.2, 0) is 17.1 Å². The molecule has 0 spiro atoms. The van der Waals surface area contributed by atoms with E-state index in [1.807, 2.05) is 11.5 Å². The Kier molecular flexibility index (Phi) is 9.59. The average Bonchev–Trinajstić information content (AvgIpc) is 3.22. The van der Waals surface area contributed by atoms with Crippen molar-refractivity contribution in [1.82, 2.24) is 20.1 Å². The largest absolute Gasteiger partial charge is 0.349 e. The first kappa shape index (κ1) is 25.5.